The summed E-state index contributed by atoms with van der Waals surface area (Å²) in [5.74, 6) is 0. The van der Waals surface area contributed by atoms with Crippen LogP contribution in [-0.4, -0.2) is 38.6 Å². The molecule has 158 valence electrons. The molecule has 1 rings (SSSR count). The molecule has 0 aliphatic heterocycles. The molecular formula is C25H43N3. The number of nitrogens with one attached hydrogen (secondary N) is 1. The first-order valence-corrected chi connectivity index (χ1v) is 11.0. The van der Waals surface area contributed by atoms with E-state index < -0.39 is 0 Å². The summed E-state index contributed by atoms with van der Waals surface area (Å²) < 4.78 is 0. The Morgan fingerprint density at radius 2 is 1.21 bits per heavy atom. The van der Waals surface area contributed by atoms with E-state index in [4.69, 9.17) is 0 Å². The van der Waals surface area contributed by atoms with Gasteiger partial charge >= 0.3 is 0 Å². The van der Waals surface area contributed by atoms with Crippen LogP contribution in [-0.2, 0) is 0 Å². The summed E-state index contributed by atoms with van der Waals surface area (Å²) in [5, 5.41) is 3.45. The summed E-state index contributed by atoms with van der Waals surface area (Å²) in [5.41, 5.74) is 3.16. The smallest absolute Gasteiger partial charge is 0.0514 e. The topological polar surface area (TPSA) is 36.8 Å². The maximum Gasteiger partial charge on any atom is 0.0514 e. The normalized spacial score (nSPS) is 13.1. The maximum atomic E-state index is 4.56. The van der Waals surface area contributed by atoms with Gasteiger partial charge in [0.15, 0.2) is 0 Å². The molecule has 0 aromatic heterocycles. The van der Waals surface area contributed by atoms with E-state index >= 15 is 0 Å². The average Bonchev–Trinajstić information content (AvgIpc) is 2.59. The summed E-state index contributed by atoms with van der Waals surface area (Å²) in [6.45, 7) is 17.5. The Labute approximate surface area is 174 Å². The van der Waals surface area contributed by atoms with Crippen molar-refractivity contribution in [3.05, 3.63) is 35.4 Å². The van der Waals surface area contributed by atoms with E-state index in [1.54, 1.807) is 0 Å². The fourth-order valence-corrected chi connectivity index (χ4v) is 2.78. The van der Waals surface area contributed by atoms with Crippen LogP contribution in [0.3, 0.4) is 0 Å². The molecule has 1 N–H and O–H groups in total. The molecule has 0 radical (unpaired) electrons. The minimum absolute atomic E-state index is 0.396. The van der Waals surface area contributed by atoms with Crippen LogP contribution in [0.4, 0.5) is 0 Å². The average molecular weight is 386 g/mol. The second-order valence-electron chi connectivity index (χ2n) is 10.2. The quantitative estimate of drug-likeness (QED) is 0.340. The molecule has 0 saturated heterocycles. The van der Waals surface area contributed by atoms with E-state index in [9.17, 15) is 0 Å². The van der Waals surface area contributed by atoms with Crippen LogP contribution in [0.25, 0.3) is 0 Å². The lowest BCUT2D eigenvalue weighted by Gasteiger charge is -2.17. The predicted octanol–water partition coefficient (Wildman–Crippen LogP) is 6.16. The molecule has 1 aromatic carbocycles. The van der Waals surface area contributed by atoms with E-state index in [1.165, 1.54) is 32.1 Å². The number of benzene rings is 1. The molecule has 0 fully saturated rings. The number of rotatable bonds is 12. The second kappa shape index (κ2) is 12.9. The first kappa shape index (κ1) is 24.6. The van der Waals surface area contributed by atoms with Gasteiger partial charge in [-0.25, -0.2) is 0 Å². The summed E-state index contributed by atoms with van der Waals surface area (Å²) >= 11 is 0. The van der Waals surface area contributed by atoms with Crippen molar-refractivity contribution in [2.24, 2.45) is 20.8 Å². The van der Waals surface area contributed by atoms with Crippen LogP contribution in [0.1, 0.15) is 84.8 Å². The highest BCUT2D eigenvalue weighted by Gasteiger charge is 2.09. The summed E-state index contributed by atoms with van der Waals surface area (Å²) in [7, 11) is 0. The van der Waals surface area contributed by atoms with Gasteiger partial charge in [-0.15, -0.1) is 0 Å². The molecule has 0 atom stereocenters. The number of aliphatic imine (C=N–C) groups is 2. The van der Waals surface area contributed by atoms with Gasteiger partial charge < -0.3 is 5.32 Å². The summed E-state index contributed by atoms with van der Waals surface area (Å²) in [6.07, 6.45) is 10.2. The van der Waals surface area contributed by atoms with Crippen LogP contribution in [0.15, 0.2) is 34.3 Å². The first-order chi connectivity index (χ1) is 13.2. The Balaban J connectivity index is 2.17. The third-order valence-corrected chi connectivity index (χ3v) is 4.60. The molecule has 28 heavy (non-hydrogen) atoms. The molecule has 0 aliphatic rings. The molecule has 3 nitrogen and oxygen atoms in total. The van der Waals surface area contributed by atoms with Crippen molar-refractivity contribution in [1.29, 1.82) is 0 Å². The molecule has 0 saturated carbocycles. The highest BCUT2D eigenvalue weighted by Crippen LogP contribution is 2.21. The van der Waals surface area contributed by atoms with Crippen molar-refractivity contribution in [3.63, 3.8) is 0 Å². The van der Waals surface area contributed by atoms with E-state index in [0.717, 1.165) is 37.3 Å². The lowest BCUT2D eigenvalue weighted by molar-refractivity contribution is 0.358. The number of hydrogen-bond donors (Lipinski definition) is 1. The molecule has 0 amide bonds. The molecule has 0 bridgehead atoms. The van der Waals surface area contributed by atoms with E-state index in [-0.39, 0.29) is 0 Å². The van der Waals surface area contributed by atoms with Crippen molar-refractivity contribution in [2.45, 2.75) is 73.6 Å². The highest BCUT2D eigenvalue weighted by atomic mass is 14.9. The standard InChI is InChI=1S/C25H43N3/c1-24(2,3)14-8-7-9-16-27-20-22-10-12-23(13-11-22)21-28-19-18-26-17-15-25(4,5)6/h10-13,20-21,26H,7-9,14-19H2,1-6H3. The number of nitrogens with zero attached hydrogens (tertiary/aromatic N) is 2. The van der Waals surface area contributed by atoms with Crippen molar-refractivity contribution in [2.75, 3.05) is 26.2 Å². The molecular weight excluding hydrogens is 342 g/mol. The molecule has 0 spiro atoms. The van der Waals surface area contributed by atoms with Gasteiger partial charge in [-0.2, -0.15) is 0 Å². The third-order valence-electron chi connectivity index (χ3n) is 4.60. The molecule has 0 heterocycles. The Hall–Kier alpha value is -1.48. The van der Waals surface area contributed by atoms with E-state index in [0.29, 0.717) is 10.8 Å². The zero-order valence-corrected chi connectivity index (χ0v) is 19.2. The van der Waals surface area contributed by atoms with Gasteiger partial charge in [0.1, 0.15) is 0 Å². The van der Waals surface area contributed by atoms with Crippen molar-refractivity contribution < 1.29 is 0 Å². The fourth-order valence-electron chi connectivity index (χ4n) is 2.78. The Bertz CT molecular complexity index is 518. The Morgan fingerprint density at radius 3 is 1.75 bits per heavy atom. The zero-order chi connectivity index (χ0) is 20.9. The first-order valence-electron chi connectivity index (χ1n) is 11.0. The minimum Gasteiger partial charge on any atom is -0.315 e. The minimum atomic E-state index is 0.396. The van der Waals surface area contributed by atoms with Gasteiger partial charge in [-0.3, -0.25) is 9.98 Å². The van der Waals surface area contributed by atoms with Crippen LogP contribution in [0, 0.1) is 10.8 Å². The van der Waals surface area contributed by atoms with Crippen LogP contribution in [0.5, 0.6) is 0 Å². The van der Waals surface area contributed by atoms with Gasteiger partial charge in [0.25, 0.3) is 0 Å². The molecule has 3 heteroatoms. The molecule has 1 aromatic rings. The van der Waals surface area contributed by atoms with Crippen molar-refractivity contribution in [1.82, 2.24) is 5.32 Å². The largest absolute Gasteiger partial charge is 0.315 e. The van der Waals surface area contributed by atoms with Gasteiger partial charge in [0.2, 0.25) is 0 Å². The SMILES string of the molecule is CC(C)(C)CCCCCN=Cc1ccc(C=NCCNCCC(C)(C)C)cc1. The highest BCUT2D eigenvalue weighted by molar-refractivity contribution is 5.84. The van der Waals surface area contributed by atoms with E-state index in [2.05, 4.69) is 81.1 Å². The molecule has 0 aliphatic carbocycles. The monoisotopic (exact) mass is 385 g/mol. The Kier molecular flexibility index (Phi) is 11.3. The maximum absolute atomic E-state index is 4.56. The lowest BCUT2D eigenvalue weighted by atomic mass is 9.89. The predicted molar refractivity (Wildman–Crippen MR) is 126 cm³/mol. The van der Waals surface area contributed by atoms with Crippen LogP contribution in [0.2, 0.25) is 0 Å². The van der Waals surface area contributed by atoms with Gasteiger partial charge in [0, 0.05) is 25.5 Å². The van der Waals surface area contributed by atoms with Gasteiger partial charge in [-0.1, -0.05) is 78.6 Å². The third kappa shape index (κ3) is 14.6. The van der Waals surface area contributed by atoms with Gasteiger partial charge in [0.05, 0.1) is 6.54 Å². The van der Waals surface area contributed by atoms with Crippen LogP contribution < -0.4 is 5.32 Å². The molecule has 0 unspecified atom stereocenters. The summed E-state index contributed by atoms with van der Waals surface area (Å²) in [4.78, 5) is 9.06. The number of unbranched alkanes of at least 4 members (excludes halogenated alkanes) is 2. The fraction of sp³-hybridized carbons (Fsp3) is 0.680. The zero-order valence-electron chi connectivity index (χ0n) is 19.2. The number of hydrogen-bond acceptors (Lipinski definition) is 3. The van der Waals surface area contributed by atoms with Crippen molar-refractivity contribution >= 4 is 12.4 Å². The summed E-state index contributed by atoms with van der Waals surface area (Å²) in [6, 6.07) is 8.46. The van der Waals surface area contributed by atoms with Crippen LogP contribution >= 0.6 is 0 Å². The second-order valence-corrected chi connectivity index (χ2v) is 10.2. The Morgan fingerprint density at radius 1 is 0.679 bits per heavy atom. The lowest BCUT2D eigenvalue weighted by Crippen LogP contribution is -2.23. The van der Waals surface area contributed by atoms with Crippen molar-refractivity contribution in [3.8, 4) is 0 Å². The van der Waals surface area contributed by atoms with E-state index in [1.807, 2.05) is 12.4 Å². The van der Waals surface area contributed by atoms with Gasteiger partial charge in [-0.05, 0) is 47.8 Å².